The first kappa shape index (κ1) is 11.9. The van der Waals surface area contributed by atoms with Gasteiger partial charge in [-0.05, 0) is 17.9 Å². The highest BCUT2D eigenvalue weighted by molar-refractivity contribution is 5.19. The van der Waals surface area contributed by atoms with E-state index in [1.807, 2.05) is 6.20 Å². The van der Waals surface area contributed by atoms with Gasteiger partial charge in [-0.1, -0.05) is 37.3 Å². The summed E-state index contributed by atoms with van der Waals surface area (Å²) in [5.74, 6) is 1.57. The molecule has 2 aromatic rings. The zero-order valence-electron chi connectivity index (χ0n) is 10.2. The molecule has 0 amide bonds. The van der Waals surface area contributed by atoms with E-state index in [9.17, 15) is 0 Å². The molecule has 1 unspecified atom stereocenters. The van der Waals surface area contributed by atoms with Crippen molar-refractivity contribution in [2.24, 2.45) is 0 Å². The molecule has 0 saturated carbocycles. The highest BCUT2D eigenvalue weighted by Gasteiger charge is 2.08. The lowest BCUT2D eigenvalue weighted by atomic mass is 9.96. The van der Waals surface area contributed by atoms with E-state index >= 15 is 0 Å². The van der Waals surface area contributed by atoms with Crippen molar-refractivity contribution < 1.29 is 0 Å². The van der Waals surface area contributed by atoms with E-state index in [0.717, 1.165) is 25.3 Å². The molecular weight excluding hydrogens is 210 g/mol. The molecular formula is C14H19N3. The first-order valence-electron chi connectivity index (χ1n) is 6.14. The number of imidazole rings is 1. The van der Waals surface area contributed by atoms with Crippen LogP contribution in [-0.2, 0) is 6.54 Å². The fourth-order valence-electron chi connectivity index (χ4n) is 1.98. The lowest BCUT2D eigenvalue weighted by Gasteiger charge is -2.15. The van der Waals surface area contributed by atoms with Gasteiger partial charge in [0.1, 0.15) is 5.82 Å². The van der Waals surface area contributed by atoms with Crippen molar-refractivity contribution in [1.82, 2.24) is 15.3 Å². The Morgan fingerprint density at radius 3 is 2.76 bits per heavy atom. The smallest absolute Gasteiger partial charge is 0.120 e. The number of aromatic nitrogens is 2. The van der Waals surface area contributed by atoms with Gasteiger partial charge in [0.05, 0.1) is 6.54 Å². The average Bonchev–Trinajstić information content (AvgIpc) is 2.89. The predicted molar refractivity (Wildman–Crippen MR) is 69.8 cm³/mol. The van der Waals surface area contributed by atoms with E-state index in [0.29, 0.717) is 5.92 Å². The van der Waals surface area contributed by atoms with Gasteiger partial charge in [0.25, 0.3) is 0 Å². The molecule has 1 atom stereocenters. The number of H-pyrrole nitrogens is 1. The third-order valence-electron chi connectivity index (χ3n) is 3.00. The molecule has 3 nitrogen and oxygen atoms in total. The van der Waals surface area contributed by atoms with Crippen molar-refractivity contribution in [2.45, 2.75) is 25.8 Å². The van der Waals surface area contributed by atoms with Crippen LogP contribution in [0, 0.1) is 0 Å². The summed E-state index contributed by atoms with van der Waals surface area (Å²) < 4.78 is 0. The van der Waals surface area contributed by atoms with Crippen LogP contribution in [0.15, 0.2) is 42.7 Å². The highest BCUT2D eigenvalue weighted by Crippen LogP contribution is 2.17. The number of hydrogen-bond acceptors (Lipinski definition) is 2. The van der Waals surface area contributed by atoms with Gasteiger partial charge in [-0.3, -0.25) is 0 Å². The number of rotatable bonds is 6. The first-order valence-corrected chi connectivity index (χ1v) is 6.14. The van der Waals surface area contributed by atoms with Gasteiger partial charge in [-0.2, -0.15) is 0 Å². The van der Waals surface area contributed by atoms with Gasteiger partial charge < -0.3 is 10.3 Å². The van der Waals surface area contributed by atoms with Crippen molar-refractivity contribution in [3.63, 3.8) is 0 Å². The Balaban J connectivity index is 1.84. The van der Waals surface area contributed by atoms with Gasteiger partial charge in [0, 0.05) is 18.9 Å². The van der Waals surface area contributed by atoms with Gasteiger partial charge >= 0.3 is 0 Å². The second-order valence-electron chi connectivity index (χ2n) is 4.18. The molecule has 0 fully saturated rings. The molecule has 1 heterocycles. The van der Waals surface area contributed by atoms with Crippen LogP contribution < -0.4 is 5.32 Å². The number of aromatic amines is 1. The summed E-state index contributed by atoms with van der Waals surface area (Å²) in [4.78, 5) is 7.29. The summed E-state index contributed by atoms with van der Waals surface area (Å²) in [7, 11) is 0. The molecule has 1 aromatic heterocycles. The normalized spacial score (nSPS) is 12.5. The summed E-state index contributed by atoms with van der Waals surface area (Å²) in [5, 5.41) is 3.44. The van der Waals surface area contributed by atoms with E-state index in [4.69, 9.17) is 0 Å². The van der Waals surface area contributed by atoms with Crippen LogP contribution in [0.1, 0.15) is 30.7 Å². The number of hydrogen-bond donors (Lipinski definition) is 2. The van der Waals surface area contributed by atoms with Crippen molar-refractivity contribution in [2.75, 3.05) is 6.54 Å². The Labute approximate surface area is 102 Å². The first-order chi connectivity index (χ1) is 8.40. The van der Waals surface area contributed by atoms with Crippen LogP contribution in [0.4, 0.5) is 0 Å². The Morgan fingerprint density at radius 1 is 1.29 bits per heavy atom. The van der Waals surface area contributed by atoms with Gasteiger partial charge in [-0.25, -0.2) is 4.98 Å². The maximum absolute atomic E-state index is 4.19. The Morgan fingerprint density at radius 2 is 2.12 bits per heavy atom. The zero-order valence-corrected chi connectivity index (χ0v) is 10.2. The quantitative estimate of drug-likeness (QED) is 0.799. The molecule has 17 heavy (non-hydrogen) atoms. The summed E-state index contributed by atoms with van der Waals surface area (Å²) in [6.45, 7) is 4.02. The van der Waals surface area contributed by atoms with Crippen molar-refractivity contribution in [3.8, 4) is 0 Å². The van der Waals surface area contributed by atoms with Crippen molar-refractivity contribution >= 4 is 0 Å². The van der Waals surface area contributed by atoms with Crippen molar-refractivity contribution in [1.29, 1.82) is 0 Å². The lowest BCUT2D eigenvalue weighted by molar-refractivity contribution is 0.561. The average molecular weight is 229 g/mol. The van der Waals surface area contributed by atoms with Gasteiger partial charge in [0.15, 0.2) is 0 Å². The van der Waals surface area contributed by atoms with E-state index in [-0.39, 0.29) is 0 Å². The summed E-state index contributed by atoms with van der Waals surface area (Å²) >= 11 is 0. The molecule has 3 heteroatoms. The molecule has 90 valence electrons. The van der Waals surface area contributed by atoms with Crippen LogP contribution in [0.5, 0.6) is 0 Å². The van der Waals surface area contributed by atoms with E-state index in [1.54, 1.807) is 6.20 Å². The number of nitrogens with zero attached hydrogens (tertiary/aromatic N) is 1. The molecule has 2 rings (SSSR count). The van der Waals surface area contributed by atoms with E-state index in [1.165, 1.54) is 5.56 Å². The van der Waals surface area contributed by atoms with Crippen LogP contribution in [-0.4, -0.2) is 16.5 Å². The lowest BCUT2D eigenvalue weighted by Crippen LogP contribution is -2.21. The van der Waals surface area contributed by atoms with Crippen LogP contribution in [0.25, 0.3) is 0 Å². The standard InChI is InChI=1S/C14H19N3/c1-2-12(13-6-4-3-5-7-13)10-15-11-14-16-8-9-17-14/h3-9,12,15H,2,10-11H2,1H3,(H,16,17). The fourth-order valence-corrected chi connectivity index (χ4v) is 1.98. The van der Waals surface area contributed by atoms with Crippen LogP contribution >= 0.6 is 0 Å². The maximum Gasteiger partial charge on any atom is 0.120 e. The van der Waals surface area contributed by atoms with Gasteiger partial charge in [-0.15, -0.1) is 0 Å². The summed E-state index contributed by atoms with van der Waals surface area (Å²) in [6.07, 6.45) is 4.78. The predicted octanol–water partition coefficient (Wildman–Crippen LogP) is 2.69. The Bertz CT molecular complexity index is 408. The molecule has 0 spiro atoms. The van der Waals surface area contributed by atoms with Crippen LogP contribution in [0.2, 0.25) is 0 Å². The third kappa shape index (κ3) is 3.43. The molecule has 2 N–H and O–H groups in total. The fraction of sp³-hybridized carbons (Fsp3) is 0.357. The maximum atomic E-state index is 4.19. The van der Waals surface area contributed by atoms with Crippen LogP contribution in [0.3, 0.4) is 0 Å². The molecule has 0 aliphatic rings. The van der Waals surface area contributed by atoms with E-state index < -0.39 is 0 Å². The topological polar surface area (TPSA) is 40.7 Å². The molecule has 0 bridgehead atoms. The molecule has 0 aliphatic heterocycles. The molecule has 1 aromatic carbocycles. The molecule has 0 aliphatic carbocycles. The third-order valence-corrected chi connectivity index (χ3v) is 3.00. The molecule has 0 saturated heterocycles. The monoisotopic (exact) mass is 229 g/mol. The Kier molecular flexibility index (Phi) is 4.33. The second kappa shape index (κ2) is 6.21. The minimum absolute atomic E-state index is 0.575. The zero-order chi connectivity index (χ0) is 11.9. The largest absolute Gasteiger partial charge is 0.348 e. The number of benzene rings is 1. The minimum atomic E-state index is 0.575. The van der Waals surface area contributed by atoms with E-state index in [2.05, 4.69) is 52.5 Å². The minimum Gasteiger partial charge on any atom is -0.348 e. The van der Waals surface area contributed by atoms with Crippen molar-refractivity contribution in [3.05, 3.63) is 54.1 Å². The SMILES string of the molecule is CCC(CNCc1ncc[nH]1)c1ccccc1. The number of nitrogens with one attached hydrogen (secondary N) is 2. The summed E-state index contributed by atoms with van der Waals surface area (Å²) in [6, 6.07) is 10.7. The Hall–Kier alpha value is -1.61. The van der Waals surface area contributed by atoms with Gasteiger partial charge in [0.2, 0.25) is 0 Å². The molecule has 0 radical (unpaired) electrons. The highest BCUT2D eigenvalue weighted by atomic mass is 15.0. The summed E-state index contributed by atoms with van der Waals surface area (Å²) in [5.41, 5.74) is 1.40. The second-order valence-corrected chi connectivity index (χ2v) is 4.18.